The van der Waals surface area contributed by atoms with Gasteiger partial charge in [-0.15, -0.1) is 0 Å². The van der Waals surface area contributed by atoms with Crippen LogP contribution in [0.4, 0.5) is 0 Å². The molecule has 27 heavy (non-hydrogen) atoms. The lowest BCUT2D eigenvalue weighted by atomic mass is 9.84. The Kier molecular flexibility index (Phi) is 7.62. The number of rotatable bonds is 8. The molecule has 2 aliphatic carbocycles. The van der Waals surface area contributed by atoms with Gasteiger partial charge in [0.15, 0.2) is 0 Å². The molecule has 148 valence electrons. The van der Waals surface area contributed by atoms with E-state index in [0.29, 0.717) is 24.7 Å². The fourth-order valence-corrected chi connectivity index (χ4v) is 4.47. The van der Waals surface area contributed by atoms with E-state index in [0.717, 1.165) is 32.1 Å². The Morgan fingerprint density at radius 1 is 1.11 bits per heavy atom. The number of hydrogen-bond donors (Lipinski definition) is 2. The molecule has 0 radical (unpaired) electrons. The molecule has 2 aliphatic rings. The Hall–Kier alpha value is -1.49. The Morgan fingerprint density at radius 2 is 1.78 bits per heavy atom. The van der Waals surface area contributed by atoms with Crippen LogP contribution in [-0.4, -0.2) is 30.3 Å². The molecule has 1 atom stereocenters. The largest absolute Gasteiger partial charge is 0.464 e. The van der Waals surface area contributed by atoms with Gasteiger partial charge in [0, 0.05) is 5.92 Å². The summed E-state index contributed by atoms with van der Waals surface area (Å²) >= 11 is 4.16. The van der Waals surface area contributed by atoms with Gasteiger partial charge in [-0.25, -0.2) is 4.79 Å². The van der Waals surface area contributed by atoms with Gasteiger partial charge < -0.3 is 10.1 Å². The van der Waals surface area contributed by atoms with Crippen LogP contribution in [-0.2, 0) is 27.2 Å². The van der Waals surface area contributed by atoms with Gasteiger partial charge in [0.2, 0.25) is 5.91 Å². The van der Waals surface area contributed by atoms with Crippen molar-refractivity contribution in [2.75, 3.05) is 12.4 Å². The number of nitrogens with one attached hydrogen (secondary N) is 1. The summed E-state index contributed by atoms with van der Waals surface area (Å²) in [6, 6.07) is 7.69. The van der Waals surface area contributed by atoms with Crippen LogP contribution in [0.1, 0.15) is 56.1 Å². The summed E-state index contributed by atoms with van der Waals surface area (Å²) in [6.07, 6.45) is 8.95. The van der Waals surface area contributed by atoms with Crippen LogP contribution in [0.25, 0.3) is 0 Å². The molecule has 4 nitrogen and oxygen atoms in total. The SMILES string of the molecule is O=C(NC(CC1CCCCC1)C(=O)OCCCS)C1Cc2ccccc2C1. The highest BCUT2D eigenvalue weighted by molar-refractivity contribution is 7.80. The zero-order valence-electron chi connectivity index (χ0n) is 16.0. The summed E-state index contributed by atoms with van der Waals surface area (Å²) in [5, 5.41) is 3.04. The molecule has 3 rings (SSSR count). The van der Waals surface area contributed by atoms with Crippen molar-refractivity contribution >= 4 is 24.5 Å². The van der Waals surface area contributed by atoms with Crippen LogP contribution >= 0.6 is 12.6 Å². The van der Waals surface area contributed by atoms with Crippen molar-refractivity contribution in [2.45, 2.75) is 63.8 Å². The van der Waals surface area contributed by atoms with E-state index in [1.54, 1.807) is 0 Å². The van der Waals surface area contributed by atoms with Gasteiger partial charge in [0.1, 0.15) is 6.04 Å². The predicted molar refractivity (Wildman–Crippen MR) is 110 cm³/mol. The Bertz CT molecular complexity index is 617. The van der Waals surface area contributed by atoms with Crippen LogP contribution in [0.5, 0.6) is 0 Å². The molecule has 1 unspecified atom stereocenters. The summed E-state index contributed by atoms with van der Waals surface area (Å²) < 4.78 is 5.41. The first-order valence-corrected chi connectivity index (χ1v) is 10.9. The highest BCUT2D eigenvalue weighted by atomic mass is 32.1. The zero-order chi connectivity index (χ0) is 19.1. The molecule has 1 saturated carbocycles. The third kappa shape index (κ3) is 5.74. The first kappa shape index (κ1) is 20.2. The van der Waals surface area contributed by atoms with E-state index >= 15 is 0 Å². The fourth-order valence-electron chi connectivity index (χ4n) is 4.34. The van der Waals surface area contributed by atoms with Crippen LogP contribution in [0.2, 0.25) is 0 Å². The molecule has 1 fully saturated rings. The number of fused-ring (bicyclic) bond motifs is 1. The van der Waals surface area contributed by atoms with Crippen molar-refractivity contribution < 1.29 is 14.3 Å². The van der Waals surface area contributed by atoms with Crippen molar-refractivity contribution in [3.05, 3.63) is 35.4 Å². The van der Waals surface area contributed by atoms with Crippen molar-refractivity contribution in [1.82, 2.24) is 5.32 Å². The molecule has 1 amide bonds. The molecular formula is C22H31NO3S. The highest BCUT2D eigenvalue weighted by Gasteiger charge is 2.32. The van der Waals surface area contributed by atoms with Crippen LogP contribution < -0.4 is 5.32 Å². The van der Waals surface area contributed by atoms with Gasteiger partial charge in [-0.3, -0.25) is 4.79 Å². The van der Waals surface area contributed by atoms with Crippen molar-refractivity contribution in [3.8, 4) is 0 Å². The second kappa shape index (κ2) is 10.2. The third-order valence-electron chi connectivity index (χ3n) is 5.86. The molecule has 0 aliphatic heterocycles. The van der Waals surface area contributed by atoms with E-state index in [-0.39, 0.29) is 17.8 Å². The minimum absolute atomic E-state index is 0.0156. The number of esters is 1. The van der Waals surface area contributed by atoms with E-state index in [1.165, 1.54) is 30.4 Å². The number of hydrogen-bond acceptors (Lipinski definition) is 4. The molecule has 1 aromatic carbocycles. The van der Waals surface area contributed by atoms with Gasteiger partial charge in [-0.2, -0.15) is 12.6 Å². The second-order valence-electron chi connectivity index (χ2n) is 7.92. The Balaban J connectivity index is 1.59. The molecule has 0 bridgehead atoms. The first-order chi connectivity index (χ1) is 13.2. The van der Waals surface area contributed by atoms with Crippen LogP contribution in [0.15, 0.2) is 24.3 Å². The monoisotopic (exact) mass is 389 g/mol. The van der Waals surface area contributed by atoms with Gasteiger partial charge in [0.05, 0.1) is 6.61 Å². The smallest absolute Gasteiger partial charge is 0.328 e. The molecule has 1 aromatic rings. The van der Waals surface area contributed by atoms with E-state index in [1.807, 2.05) is 12.1 Å². The quantitative estimate of drug-likeness (QED) is 0.405. The van der Waals surface area contributed by atoms with E-state index < -0.39 is 6.04 Å². The summed E-state index contributed by atoms with van der Waals surface area (Å²) in [4.78, 5) is 25.5. The molecule has 0 spiro atoms. The molecule has 5 heteroatoms. The summed E-state index contributed by atoms with van der Waals surface area (Å²) in [6.45, 7) is 0.369. The molecule has 1 N–H and O–H groups in total. The zero-order valence-corrected chi connectivity index (χ0v) is 16.9. The summed E-state index contributed by atoms with van der Waals surface area (Å²) in [7, 11) is 0. The predicted octanol–water partition coefficient (Wildman–Crippen LogP) is 3.72. The van der Waals surface area contributed by atoms with E-state index in [9.17, 15) is 9.59 Å². The van der Waals surface area contributed by atoms with E-state index in [4.69, 9.17) is 4.74 Å². The highest BCUT2D eigenvalue weighted by Crippen LogP contribution is 2.29. The molecule has 0 heterocycles. The van der Waals surface area contributed by atoms with Crippen molar-refractivity contribution in [3.63, 3.8) is 0 Å². The average molecular weight is 390 g/mol. The van der Waals surface area contributed by atoms with Crippen LogP contribution in [0.3, 0.4) is 0 Å². The summed E-state index contributed by atoms with van der Waals surface area (Å²) in [5.74, 6) is 0.806. The first-order valence-electron chi connectivity index (χ1n) is 10.3. The topological polar surface area (TPSA) is 55.4 Å². The summed E-state index contributed by atoms with van der Waals surface area (Å²) in [5.41, 5.74) is 2.50. The third-order valence-corrected chi connectivity index (χ3v) is 6.18. The van der Waals surface area contributed by atoms with Gasteiger partial charge in [0.25, 0.3) is 0 Å². The minimum Gasteiger partial charge on any atom is -0.464 e. The average Bonchev–Trinajstić information content (AvgIpc) is 3.13. The van der Waals surface area contributed by atoms with Crippen LogP contribution in [0, 0.1) is 11.8 Å². The number of carbonyl (C=O) groups is 2. The van der Waals surface area contributed by atoms with Crippen molar-refractivity contribution in [1.29, 1.82) is 0 Å². The number of amides is 1. The normalized spacial score (nSPS) is 18.7. The van der Waals surface area contributed by atoms with Gasteiger partial charge >= 0.3 is 5.97 Å². The number of thiol groups is 1. The maximum atomic E-state index is 12.9. The fraction of sp³-hybridized carbons (Fsp3) is 0.636. The van der Waals surface area contributed by atoms with Gasteiger partial charge in [-0.05, 0) is 48.5 Å². The lowest BCUT2D eigenvalue weighted by Crippen LogP contribution is -2.46. The second-order valence-corrected chi connectivity index (χ2v) is 8.37. The number of benzene rings is 1. The maximum absolute atomic E-state index is 12.9. The number of ether oxygens (including phenoxy) is 1. The Labute approximate surface area is 167 Å². The minimum atomic E-state index is -0.524. The maximum Gasteiger partial charge on any atom is 0.328 e. The van der Waals surface area contributed by atoms with Crippen molar-refractivity contribution in [2.24, 2.45) is 11.8 Å². The van der Waals surface area contributed by atoms with Gasteiger partial charge in [-0.1, -0.05) is 56.4 Å². The van der Waals surface area contributed by atoms with E-state index in [2.05, 4.69) is 30.1 Å². The lowest BCUT2D eigenvalue weighted by molar-refractivity contribution is -0.149. The molecule has 0 aromatic heterocycles. The number of carbonyl (C=O) groups excluding carboxylic acids is 2. The standard InChI is InChI=1S/C22H31NO3S/c24-21(19-14-17-9-4-5-10-18(17)15-19)23-20(22(25)26-11-6-12-27)13-16-7-2-1-3-8-16/h4-5,9-10,16,19-20,27H,1-3,6-8,11-15H2,(H,23,24). The Morgan fingerprint density at radius 3 is 2.41 bits per heavy atom. The molecular weight excluding hydrogens is 358 g/mol. The molecule has 0 saturated heterocycles. The lowest BCUT2D eigenvalue weighted by Gasteiger charge is -2.27.